The molecule has 6 heteroatoms. The molecule has 6 nitrogen and oxygen atoms in total. The average Bonchev–Trinajstić information content (AvgIpc) is 2.79. The highest BCUT2D eigenvalue weighted by molar-refractivity contribution is 5.82. The second-order valence-corrected chi connectivity index (χ2v) is 10.4. The van der Waals surface area contributed by atoms with E-state index in [9.17, 15) is 15.0 Å². The van der Waals surface area contributed by atoms with Crippen LogP contribution in [0.15, 0.2) is 42.5 Å². The van der Waals surface area contributed by atoms with Gasteiger partial charge >= 0.3 is 0 Å². The van der Waals surface area contributed by atoms with Crippen LogP contribution in [-0.2, 0) is 23.2 Å². The normalized spacial score (nSPS) is 21.4. The van der Waals surface area contributed by atoms with E-state index in [4.69, 9.17) is 0 Å². The van der Waals surface area contributed by atoms with Crippen molar-refractivity contribution < 1.29 is 15.0 Å². The minimum absolute atomic E-state index is 0.0500. The van der Waals surface area contributed by atoms with Gasteiger partial charge in [-0.2, -0.15) is 0 Å². The molecular formula is C27H37N3O3. The maximum absolute atomic E-state index is 13.1. The molecule has 33 heavy (non-hydrogen) atoms. The maximum Gasteiger partial charge on any atom is 0.237 e. The van der Waals surface area contributed by atoms with Gasteiger partial charge < -0.3 is 25.7 Å². The van der Waals surface area contributed by atoms with Crippen LogP contribution in [0, 0.1) is 5.92 Å². The maximum atomic E-state index is 13.1. The molecule has 2 atom stereocenters. The van der Waals surface area contributed by atoms with Crippen LogP contribution in [0.5, 0.6) is 11.5 Å². The Balaban J connectivity index is 1.33. The molecule has 0 bridgehead atoms. The molecule has 0 saturated carbocycles. The van der Waals surface area contributed by atoms with Gasteiger partial charge in [0.05, 0.1) is 6.04 Å². The number of rotatable bonds is 6. The van der Waals surface area contributed by atoms with Crippen molar-refractivity contribution in [3.63, 3.8) is 0 Å². The number of nitrogens with zero attached hydrogens (tertiary/aromatic N) is 1. The number of fused-ring (bicyclic) bond motifs is 1. The van der Waals surface area contributed by atoms with Gasteiger partial charge in [-0.05, 0) is 84.6 Å². The second-order valence-electron chi connectivity index (χ2n) is 10.4. The van der Waals surface area contributed by atoms with Gasteiger partial charge in [-0.3, -0.25) is 4.79 Å². The van der Waals surface area contributed by atoms with Gasteiger partial charge in [0.1, 0.15) is 11.5 Å². The second kappa shape index (κ2) is 9.74. The highest BCUT2D eigenvalue weighted by Gasteiger charge is 2.34. The number of aromatic hydroxyl groups is 2. The molecule has 2 aliphatic rings. The van der Waals surface area contributed by atoms with E-state index in [-0.39, 0.29) is 29.2 Å². The van der Waals surface area contributed by atoms with E-state index in [1.165, 1.54) is 5.56 Å². The summed E-state index contributed by atoms with van der Waals surface area (Å²) < 4.78 is 0. The van der Waals surface area contributed by atoms with Crippen molar-refractivity contribution in [1.29, 1.82) is 0 Å². The highest BCUT2D eigenvalue weighted by atomic mass is 16.3. The molecule has 0 spiro atoms. The van der Waals surface area contributed by atoms with E-state index in [2.05, 4.69) is 42.4 Å². The number of benzene rings is 2. The van der Waals surface area contributed by atoms with Crippen molar-refractivity contribution in [2.75, 3.05) is 19.6 Å². The standard InChI is InChI=1S/C27H37N3O3/c1-18(2)25(29-26(33)24-14-19-7-8-23(32)13-20(19)16-28-24)17-30-11-9-27(3,10-12-30)21-5-4-6-22(31)15-21/h4-8,13,15,18,24-25,28,31-32H,9-12,14,16-17H2,1-3H3,(H,29,33)/t24-,25-/m1/s1. The largest absolute Gasteiger partial charge is 0.508 e. The van der Waals surface area contributed by atoms with Crippen LogP contribution in [0.3, 0.4) is 0 Å². The monoisotopic (exact) mass is 451 g/mol. The van der Waals surface area contributed by atoms with Gasteiger partial charge in [0.25, 0.3) is 0 Å². The van der Waals surface area contributed by atoms with Gasteiger partial charge in [-0.15, -0.1) is 0 Å². The molecule has 2 aromatic rings. The van der Waals surface area contributed by atoms with Crippen molar-refractivity contribution in [3.05, 3.63) is 59.2 Å². The Morgan fingerprint density at radius 2 is 1.85 bits per heavy atom. The number of carbonyl (C=O) groups is 1. The van der Waals surface area contributed by atoms with Crippen LogP contribution in [0.1, 0.15) is 50.3 Å². The van der Waals surface area contributed by atoms with Crippen LogP contribution >= 0.6 is 0 Å². The minimum Gasteiger partial charge on any atom is -0.508 e. The van der Waals surface area contributed by atoms with Crippen LogP contribution in [0.25, 0.3) is 0 Å². The van der Waals surface area contributed by atoms with Crippen molar-refractivity contribution in [2.45, 2.75) is 64.1 Å². The lowest BCUT2D eigenvalue weighted by Gasteiger charge is -2.41. The first-order valence-corrected chi connectivity index (χ1v) is 12.1. The van der Waals surface area contributed by atoms with Gasteiger partial charge in [0, 0.05) is 19.1 Å². The quantitative estimate of drug-likeness (QED) is 0.542. The number of carbonyl (C=O) groups excluding carboxylic acids is 1. The van der Waals surface area contributed by atoms with E-state index < -0.39 is 0 Å². The number of hydrogen-bond donors (Lipinski definition) is 4. The van der Waals surface area contributed by atoms with Crippen molar-refractivity contribution in [3.8, 4) is 11.5 Å². The molecule has 2 aromatic carbocycles. The number of amides is 1. The molecule has 1 amide bonds. The van der Waals surface area contributed by atoms with E-state index in [0.29, 0.717) is 24.6 Å². The Hall–Kier alpha value is -2.57. The summed E-state index contributed by atoms with van der Waals surface area (Å²) in [5.41, 5.74) is 3.45. The number of likely N-dealkylation sites (tertiary alicyclic amines) is 1. The Bertz CT molecular complexity index is 982. The third kappa shape index (κ3) is 5.50. The molecular weight excluding hydrogens is 414 g/mol. The molecule has 178 valence electrons. The smallest absolute Gasteiger partial charge is 0.237 e. The Kier molecular flexibility index (Phi) is 6.96. The predicted molar refractivity (Wildman–Crippen MR) is 130 cm³/mol. The first-order valence-electron chi connectivity index (χ1n) is 12.1. The molecule has 2 heterocycles. The number of piperidine rings is 1. The lowest BCUT2D eigenvalue weighted by Crippen LogP contribution is -2.55. The summed E-state index contributed by atoms with van der Waals surface area (Å²) in [7, 11) is 0. The zero-order valence-electron chi connectivity index (χ0n) is 20.0. The fourth-order valence-electron chi connectivity index (χ4n) is 5.07. The molecule has 2 aliphatic heterocycles. The summed E-state index contributed by atoms with van der Waals surface area (Å²) in [5, 5.41) is 26.2. The van der Waals surface area contributed by atoms with E-state index >= 15 is 0 Å². The zero-order chi connectivity index (χ0) is 23.6. The Morgan fingerprint density at radius 1 is 1.12 bits per heavy atom. The van der Waals surface area contributed by atoms with Crippen molar-refractivity contribution in [2.24, 2.45) is 5.92 Å². The Labute approximate surface area is 197 Å². The summed E-state index contributed by atoms with van der Waals surface area (Å²) in [6.45, 7) is 10.0. The minimum atomic E-state index is -0.251. The summed E-state index contributed by atoms with van der Waals surface area (Å²) in [5.74, 6) is 0.977. The first-order chi connectivity index (χ1) is 15.7. The topological polar surface area (TPSA) is 84.8 Å². The molecule has 4 rings (SSSR count). The van der Waals surface area contributed by atoms with Gasteiger partial charge in [0.15, 0.2) is 0 Å². The summed E-state index contributed by atoms with van der Waals surface area (Å²) >= 11 is 0. The average molecular weight is 452 g/mol. The fraction of sp³-hybridized carbons (Fsp3) is 0.519. The number of hydrogen-bond acceptors (Lipinski definition) is 5. The molecule has 0 aliphatic carbocycles. The molecule has 0 aromatic heterocycles. The summed E-state index contributed by atoms with van der Waals surface area (Å²) in [6.07, 6.45) is 2.70. The van der Waals surface area contributed by atoms with Crippen LogP contribution < -0.4 is 10.6 Å². The first kappa shape index (κ1) is 23.6. The van der Waals surface area contributed by atoms with Crippen LogP contribution in [0.2, 0.25) is 0 Å². The van der Waals surface area contributed by atoms with Crippen LogP contribution in [0.4, 0.5) is 0 Å². The third-order valence-electron chi connectivity index (χ3n) is 7.56. The van der Waals surface area contributed by atoms with E-state index in [1.807, 2.05) is 18.2 Å². The fourth-order valence-corrected chi connectivity index (χ4v) is 5.07. The summed E-state index contributed by atoms with van der Waals surface area (Å²) in [4.78, 5) is 15.5. The van der Waals surface area contributed by atoms with Crippen LogP contribution in [-0.4, -0.2) is 52.7 Å². The predicted octanol–water partition coefficient (Wildman–Crippen LogP) is 3.31. The van der Waals surface area contributed by atoms with Crippen molar-refractivity contribution >= 4 is 5.91 Å². The lowest BCUT2D eigenvalue weighted by atomic mass is 9.74. The van der Waals surface area contributed by atoms with Crippen molar-refractivity contribution in [1.82, 2.24) is 15.5 Å². The third-order valence-corrected chi connectivity index (χ3v) is 7.56. The van der Waals surface area contributed by atoms with E-state index in [0.717, 1.165) is 43.6 Å². The van der Waals surface area contributed by atoms with E-state index in [1.54, 1.807) is 18.2 Å². The molecule has 1 fully saturated rings. The molecule has 4 N–H and O–H groups in total. The zero-order valence-corrected chi connectivity index (χ0v) is 20.0. The lowest BCUT2D eigenvalue weighted by molar-refractivity contribution is -0.124. The molecule has 1 saturated heterocycles. The number of nitrogens with one attached hydrogen (secondary N) is 2. The summed E-state index contributed by atoms with van der Waals surface area (Å²) in [6, 6.07) is 12.9. The van der Waals surface area contributed by atoms with Gasteiger partial charge in [0.2, 0.25) is 5.91 Å². The molecule has 0 radical (unpaired) electrons. The van der Waals surface area contributed by atoms with Gasteiger partial charge in [-0.25, -0.2) is 0 Å². The Morgan fingerprint density at radius 3 is 2.55 bits per heavy atom. The van der Waals surface area contributed by atoms with Gasteiger partial charge in [-0.1, -0.05) is 39.0 Å². The highest BCUT2D eigenvalue weighted by Crippen LogP contribution is 2.36. The number of phenols is 2. The molecule has 0 unspecified atom stereocenters. The number of phenolic OH excluding ortho intramolecular Hbond substituents is 2. The SMILES string of the molecule is CC(C)[C@@H](CN1CCC(C)(c2cccc(O)c2)CC1)NC(=O)[C@H]1Cc2ccc(O)cc2CN1.